The lowest BCUT2D eigenvalue weighted by atomic mass is 10.0. The van der Waals surface area contributed by atoms with Crippen LogP contribution in [0.15, 0.2) is 68.0 Å². The Bertz CT molecular complexity index is 1790. The van der Waals surface area contributed by atoms with Crippen molar-refractivity contribution in [2.45, 2.75) is 47.0 Å². The highest BCUT2D eigenvalue weighted by Crippen LogP contribution is 2.29. The van der Waals surface area contributed by atoms with Gasteiger partial charge in [0.2, 0.25) is 0 Å². The Morgan fingerprint density at radius 3 is 1.45 bits per heavy atom. The van der Waals surface area contributed by atoms with E-state index in [1.165, 1.54) is 47.7 Å². The zero-order chi connectivity index (χ0) is 28.7. The summed E-state index contributed by atoms with van der Waals surface area (Å²) >= 11 is 0. The molecular weight excluding hydrogens is 516 g/mol. The van der Waals surface area contributed by atoms with E-state index in [0.717, 1.165) is 20.3 Å². The number of esters is 1. The van der Waals surface area contributed by atoms with Crippen LogP contribution in [0.4, 0.5) is 0 Å². The van der Waals surface area contributed by atoms with Crippen LogP contribution in [0.1, 0.15) is 40.3 Å². The van der Waals surface area contributed by atoms with Crippen molar-refractivity contribution >= 4 is 5.97 Å². The predicted molar refractivity (Wildman–Crippen MR) is 147 cm³/mol. The molecule has 5 rings (SSSR count). The van der Waals surface area contributed by atoms with E-state index < -0.39 is 28.5 Å². The molecule has 0 saturated heterocycles. The summed E-state index contributed by atoms with van der Waals surface area (Å²) in [5, 5.41) is 0. The van der Waals surface area contributed by atoms with Gasteiger partial charge in [0.25, 0.3) is 11.1 Å². The lowest BCUT2D eigenvalue weighted by Crippen LogP contribution is -2.40. The average molecular weight is 545 g/mol. The Labute approximate surface area is 228 Å². The fourth-order valence-electron chi connectivity index (χ4n) is 5.22. The molecule has 0 unspecified atom stereocenters. The average Bonchev–Trinajstić information content (AvgIpc) is 2.88. The van der Waals surface area contributed by atoms with Crippen LogP contribution in [-0.2, 0) is 31.0 Å². The van der Waals surface area contributed by atoms with Crippen LogP contribution >= 0.6 is 0 Å². The maximum atomic E-state index is 13.6. The first-order valence-corrected chi connectivity index (χ1v) is 12.6. The van der Waals surface area contributed by atoms with E-state index >= 15 is 0 Å². The van der Waals surface area contributed by atoms with Crippen LogP contribution < -0.4 is 32.0 Å². The maximum Gasteiger partial charge on any atom is 0.331 e. The molecule has 8 bridgehead atoms. The predicted octanol–water partition coefficient (Wildman–Crippen LogP) is 1.39. The van der Waals surface area contributed by atoms with Gasteiger partial charge in [-0.05, 0) is 13.8 Å². The van der Waals surface area contributed by atoms with E-state index in [9.17, 15) is 24.0 Å². The molecule has 2 aromatic heterocycles. The van der Waals surface area contributed by atoms with Gasteiger partial charge in [0.05, 0.1) is 33.3 Å². The van der Waals surface area contributed by atoms with Gasteiger partial charge in [-0.1, -0.05) is 35.4 Å². The van der Waals surface area contributed by atoms with E-state index in [4.69, 9.17) is 9.47 Å². The zero-order valence-electron chi connectivity index (χ0n) is 22.6. The third kappa shape index (κ3) is 4.93. The number of hydrogen-bond acceptors (Lipinski definition) is 7. The maximum absolute atomic E-state index is 13.6. The van der Waals surface area contributed by atoms with Gasteiger partial charge in [-0.15, -0.1) is 0 Å². The highest BCUT2D eigenvalue weighted by Gasteiger charge is 2.20. The van der Waals surface area contributed by atoms with Crippen molar-refractivity contribution in [3.8, 4) is 11.5 Å². The Morgan fingerprint density at radius 2 is 1.07 bits per heavy atom. The molecule has 2 aromatic carbocycles. The van der Waals surface area contributed by atoms with Crippen LogP contribution in [0, 0.1) is 13.8 Å². The molecule has 40 heavy (non-hydrogen) atoms. The van der Waals surface area contributed by atoms with Gasteiger partial charge in [-0.3, -0.25) is 32.7 Å². The van der Waals surface area contributed by atoms with Gasteiger partial charge >= 0.3 is 17.3 Å². The van der Waals surface area contributed by atoms with Gasteiger partial charge in [0, 0.05) is 53.7 Å². The second-order valence-corrected chi connectivity index (χ2v) is 9.92. The quantitative estimate of drug-likeness (QED) is 0.243. The van der Waals surface area contributed by atoms with E-state index in [1.807, 2.05) is 19.1 Å². The SMILES string of the molecule is COc1c2cc(C)cc1Cn1ccc(=O)n(c1=O)Cc1cc(C)cc(c1OC(C)=O)Cn1c(=O)ccn(c1=O)C2. The van der Waals surface area contributed by atoms with Crippen LogP contribution in [0.3, 0.4) is 0 Å². The first-order valence-electron chi connectivity index (χ1n) is 12.6. The van der Waals surface area contributed by atoms with Crippen molar-refractivity contribution in [1.82, 2.24) is 18.3 Å². The summed E-state index contributed by atoms with van der Waals surface area (Å²) in [5.41, 5.74) is 1.56. The number of carbonyl (C=O) groups is 1. The number of aromatic nitrogens is 4. The summed E-state index contributed by atoms with van der Waals surface area (Å²) in [6, 6.07) is 9.77. The molecule has 0 atom stereocenters. The van der Waals surface area contributed by atoms with Crippen LogP contribution in [0.2, 0.25) is 0 Å². The monoisotopic (exact) mass is 544 g/mol. The van der Waals surface area contributed by atoms with Gasteiger partial charge in [0.1, 0.15) is 11.5 Å². The molecule has 1 aliphatic rings. The van der Waals surface area contributed by atoms with Crippen LogP contribution in [0.25, 0.3) is 0 Å². The first kappa shape index (κ1) is 26.7. The van der Waals surface area contributed by atoms with Crippen molar-refractivity contribution in [1.29, 1.82) is 0 Å². The van der Waals surface area contributed by atoms with E-state index in [-0.39, 0.29) is 31.9 Å². The lowest BCUT2D eigenvalue weighted by molar-refractivity contribution is -0.132. The van der Waals surface area contributed by atoms with Crippen molar-refractivity contribution in [2.75, 3.05) is 7.11 Å². The molecule has 1 aliphatic heterocycles. The number of carbonyl (C=O) groups excluding carboxylic acids is 1. The lowest BCUT2D eigenvalue weighted by Gasteiger charge is -2.20. The van der Waals surface area contributed by atoms with Gasteiger partial charge < -0.3 is 9.47 Å². The van der Waals surface area contributed by atoms with Crippen molar-refractivity contribution in [3.63, 3.8) is 0 Å². The third-order valence-electron chi connectivity index (χ3n) is 6.84. The molecule has 11 heteroatoms. The number of ether oxygens (including phenoxy) is 2. The molecule has 0 saturated carbocycles. The summed E-state index contributed by atoms with van der Waals surface area (Å²) < 4.78 is 16.2. The molecule has 0 N–H and O–H groups in total. The Morgan fingerprint density at radius 1 is 0.675 bits per heavy atom. The number of nitrogens with zero attached hydrogens (tertiary/aromatic N) is 4. The summed E-state index contributed by atoms with van der Waals surface area (Å²) in [6.45, 7) is 4.72. The Kier molecular flexibility index (Phi) is 6.88. The normalized spacial score (nSPS) is 12.6. The van der Waals surface area contributed by atoms with Crippen molar-refractivity contribution < 1.29 is 14.3 Å². The number of methoxy groups -OCH3 is 1. The summed E-state index contributed by atoms with van der Waals surface area (Å²) in [6.07, 6.45) is 2.86. The fourth-order valence-corrected chi connectivity index (χ4v) is 5.22. The van der Waals surface area contributed by atoms with Crippen molar-refractivity contribution in [2.24, 2.45) is 0 Å². The molecule has 4 aromatic rings. The second kappa shape index (κ2) is 10.3. The molecule has 0 fully saturated rings. The van der Waals surface area contributed by atoms with Crippen LogP contribution in [0.5, 0.6) is 11.5 Å². The zero-order valence-corrected chi connectivity index (χ0v) is 22.6. The molecule has 0 radical (unpaired) electrons. The largest absolute Gasteiger partial charge is 0.496 e. The molecule has 3 heterocycles. The minimum absolute atomic E-state index is 0.0936. The van der Waals surface area contributed by atoms with Crippen LogP contribution in [-0.4, -0.2) is 31.3 Å². The van der Waals surface area contributed by atoms with Gasteiger partial charge in [0.15, 0.2) is 0 Å². The highest BCUT2D eigenvalue weighted by atomic mass is 16.5. The minimum atomic E-state index is -0.627. The van der Waals surface area contributed by atoms with Gasteiger partial charge in [-0.25, -0.2) is 9.59 Å². The standard InChI is InChI=1S/C29H28N4O7/c1-17-9-20-13-30-7-5-24(35)32(28(30)37)15-22-11-18(2)12-23(27(22)40-19(3)34)16-33-25(36)6-8-31(29(33)38)14-21(10-17)26(20)39-4/h5-12H,13-16H2,1-4H3. The number of fused-ring (bicyclic) bond motifs is 8. The topological polar surface area (TPSA) is 124 Å². The van der Waals surface area contributed by atoms with E-state index in [0.29, 0.717) is 28.0 Å². The number of benzene rings is 2. The fraction of sp³-hybridized carbons (Fsp3) is 0.276. The Hall–Kier alpha value is -4.93. The molecule has 0 amide bonds. The summed E-state index contributed by atoms with van der Waals surface area (Å²) in [5.74, 6) is -0.0431. The Balaban J connectivity index is 1.85. The van der Waals surface area contributed by atoms with Gasteiger partial charge in [-0.2, -0.15) is 0 Å². The van der Waals surface area contributed by atoms with Crippen molar-refractivity contribution in [3.05, 3.63) is 124 Å². The smallest absolute Gasteiger partial charge is 0.331 e. The molecule has 0 aliphatic carbocycles. The molecule has 11 nitrogen and oxygen atoms in total. The summed E-state index contributed by atoms with van der Waals surface area (Å²) in [7, 11) is 1.51. The number of hydrogen-bond donors (Lipinski definition) is 0. The summed E-state index contributed by atoms with van der Waals surface area (Å²) in [4.78, 5) is 65.1. The molecule has 0 spiro atoms. The van der Waals surface area contributed by atoms with E-state index in [1.54, 1.807) is 19.1 Å². The molecule has 206 valence electrons. The second-order valence-electron chi connectivity index (χ2n) is 9.92. The number of rotatable bonds is 2. The molecular formula is C29H28N4O7. The van der Waals surface area contributed by atoms with E-state index in [2.05, 4.69) is 0 Å². The minimum Gasteiger partial charge on any atom is -0.496 e. The first-order chi connectivity index (χ1) is 19.0. The third-order valence-corrected chi connectivity index (χ3v) is 6.84. The highest BCUT2D eigenvalue weighted by molar-refractivity contribution is 5.70. The number of aryl methyl sites for hydroxylation is 2.